The summed E-state index contributed by atoms with van der Waals surface area (Å²) in [5.74, 6) is -1.89. The van der Waals surface area contributed by atoms with Crippen LogP contribution in [0.5, 0.6) is 0 Å². The van der Waals surface area contributed by atoms with Gasteiger partial charge in [0.25, 0.3) is 5.91 Å². The molecule has 2 aromatic rings. The number of amides is 4. The third kappa shape index (κ3) is 3.73. The number of benzene rings is 2. The Morgan fingerprint density at radius 2 is 1.76 bits per heavy atom. The zero-order chi connectivity index (χ0) is 21.2. The smallest absolute Gasteiger partial charge is 0.324 e. The van der Waals surface area contributed by atoms with Crippen LogP contribution in [0.15, 0.2) is 48.5 Å². The number of nitrogens with one attached hydrogen (secondary N) is 2. The van der Waals surface area contributed by atoms with E-state index in [1.807, 2.05) is 0 Å². The monoisotopic (exact) mass is 397 g/mol. The maximum atomic E-state index is 13.3. The van der Waals surface area contributed by atoms with Gasteiger partial charge in [-0.15, -0.1) is 0 Å². The Morgan fingerprint density at radius 1 is 1.10 bits per heavy atom. The lowest BCUT2D eigenvalue weighted by Crippen LogP contribution is -2.44. The third-order valence-electron chi connectivity index (χ3n) is 4.93. The Hall–Kier alpha value is -3.55. The summed E-state index contributed by atoms with van der Waals surface area (Å²) in [6.07, 6.45) is 0.231. The first-order chi connectivity index (χ1) is 13.8. The average molecular weight is 397 g/mol. The first kappa shape index (κ1) is 20.2. The maximum absolute atomic E-state index is 13.3. The summed E-state index contributed by atoms with van der Waals surface area (Å²) in [5.41, 5.74) is -0.295. The van der Waals surface area contributed by atoms with Gasteiger partial charge in [-0.1, -0.05) is 31.2 Å². The third-order valence-corrected chi connectivity index (χ3v) is 4.93. The molecule has 1 fully saturated rings. The van der Waals surface area contributed by atoms with Gasteiger partial charge in [-0.05, 0) is 43.2 Å². The summed E-state index contributed by atoms with van der Waals surface area (Å²) in [5, 5.41) is 5.20. The minimum atomic E-state index is -1.36. The average Bonchev–Trinajstić information content (AvgIpc) is 2.94. The first-order valence-electron chi connectivity index (χ1n) is 9.08. The predicted molar refractivity (Wildman–Crippen MR) is 104 cm³/mol. The highest BCUT2D eigenvalue weighted by Crippen LogP contribution is 2.32. The van der Waals surface area contributed by atoms with E-state index in [2.05, 4.69) is 10.6 Å². The number of halogens is 1. The Labute approximate surface area is 166 Å². The molecule has 1 aliphatic rings. The molecule has 0 bridgehead atoms. The number of Topliss-reactive ketones (excluding diaryl/α,β-unsaturated/α-hetero) is 1. The van der Waals surface area contributed by atoms with Gasteiger partial charge in [0.15, 0.2) is 5.78 Å². The second-order valence-corrected chi connectivity index (χ2v) is 6.74. The molecule has 0 unspecified atom stereocenters. The molecular weight excluding hydrogens is 377 g/mol. The number of rotatable bonds is 6. The van der Waals surface area contributed by atoms with E-state index in [1.165, 1.54) is 31.2 Å². The lowest BCUT2D eigenvalue weighted by Gasteiger charge is -2.25. The van der Waals surface area contributed by atoms with Gasteiger partial charge in [-0.25, -0.2) is 9.18 Å². The second kappa shape index (κ2) is 7.83. The summed E-state index contributed by atoms with van der Waals surface area (Å²) in [4.78, 5) is 50.5. The highest BCUT2D eigenvalue weighted by atomic mass is 19.1. The van der Waals surface area contributed by atoms with Gasteiger partial charge >= 0.3 is 6.03 Å². The molecule has 0 aromatic heterocycles. The molecule has 7 nitrogen and oxygen atoms in total. The predicted octanol–water partition coefficient (Wildman–Crippen LogP) is 2.82. The van der Waals surface area contributed by atoms with Crippen LogP contribution < -0.4 is 10.6 Å². The lowest BCUT2D eigenvalue weighted by atomic mass is 9.87. The molecule has 29 heavy (non-hydrogen) atoms. The van der Waals surface area contributed by atoms with Crippen LogP contribution in [-0.4, -0.2) is 35.1 Å². The van der Waals surface area contributed by atoms with Crippen molar-refractivity contribution in [3.8, 4) is 0 Å². The number of ketones is 1. The Balaban J connectivity index is 1.80. The van der Waals surface area contributed by atoms with Crippen molar-refractivity contribution in [3.05, 3.63) is 65.5 Å². The summed E-state index contributed by atoms with van der Waals surface area (Å²) >= 11 is 0. The van der Waals surface area contributed by atoms with Crippen molar-refractivity contribution in [1.29, 1.82) is 0 Å². The first-order valence-corrected chi connectivity index (χ1v) is 9.08. The molecule has 1 heterocycles. The molecule has 1 saturated heterocycles. The number of nitrogens with zero attached hydrogens (tertiary/aromatic N) is 1. The highest BCUT2D eigenvalue weighted by molar-refractivity contribution is 6.11. The largest absolute Gasteiger partial charge is 0.325 e. The van der Waals surface area contributed by atoms with E-state index in [4.69, 9.17) is 0 Å². The molecule has 8 heteroatoms. The molecule has 0 spiro atoms. The molecule has 1 aliphatic heterocycles. The number of urea groups is 1. The Kier molecular flexibility index (Phi) is 5.45. The number of hydrogen-bond donors (Lipinski definition) is 2. The van der Waals surface area contributed by atoms with Crippen molar-refractivity contribution >= 4 is 29.3 Å². The van der Waals surface area contributed by atoms with Crippen LogP contribution in [-0.2, 0) is 15.1 Å². The number of carbonyl (C=O) groups excluding carboxylic acids is 4. The summed E-state index contributed by atoms with van der Waals surface area (Å²) < 4.78 is 13.3. The fourth-order valence-corrected chi connectivity index (χ4v) is 3.38. The molecule has 2 aromatic carbocycles. The molecule has 2 N–H and O–H groups in total. The van der Waals surface area contributed by atoms with Crippen LogP contribution in [0.3, 0.4) is 0 Å². The van der Waals surface area contributed by atoms with Crippen molar-refractivity contribution in [2.45, 2.75) is 25.8 Å². The van der Waals surface area contributed by atoms with Crippen LogP contribution >= 0.6 is 0 Å². The van der Waals surface area contributed by atoms with Gasteiger partial charge < -0.3 is 10.6 Å². The van der Waals surface area contributed by atoms with Gasteiger partial charge in [-0.3, -0.25) is 19.3 Å². The van der Waals surface area contributed by atoms with Gasteiger partial charge in [0.05, 0.1) is 5.69 Å². The molecule has 0 saturated carbocycles. The van der Waals surface area contributed by atoms with Gasteiger partial charge in [0, 0.05) is 5.56 Å². The Bertz CT molecular complexity index is 990. The number of hydrogen-bond acceptors (Lipinski definition) is 4. The van der Waals surface area contributed by atoms with Crippen LogP contribution in [0.4, 0.5) is 14.9 Å². The van der Waals surface area contributed by atoms with Gasteiger partial charge in [0.2, 0.25) is 5.91 Å². The zero-order valence-corrected chi connectivity index (χ0v) is 16.0. The number of anilines is 1. The van der Waals surface area contributed by atoms with E-state index in [9.17, 15) is 23.6 Å². The van der Waals surface area contributed by atoms with Crippen LogP contribution in [0.1, 0.15) is 36.2 Å². The molecule has 150 valence electrons. The number of carbonyl (C=O) groups is 4. The topological polar surface area (TPSA) is 95.6 Å². The quantitative estimate of drug-likeness (QED) is 0.579. The fraction of sp³-hybridized carbons (Fsp3) is 0.238. The normalized spacial score (nSPS) is 18.5. The van der Waals surface area contributed by atoms with Crippen molar-refractivity contribution in [3.63, 3.8) is 0 Å². The summed E-state index contributed by atoms with van der Waals surface area (Å²) in [6.45, 7) is 2.58. The molecule has 1 atom stereocenters. The van der Waals surface area contributed by atoms with Gasteiger partial charge in [-0.2, -0.15) is 0 Å². The molecule has 0 radical (unpaired) electrons. The summed E-state index contributed by atoms with van der Waals surface area (Å²) in [6, 6.07) is 11.0. The van der Waals surface area contributed by atoms with E-state index in [0.29, 0.717) is 16.8 Å². The van der Waals surface area contributed by atoms with Crippen molar-refractivity contribution < 1.29 is 23.6 Å². The SMILES string of the molecule is CC[C@]1(c2ccc(F)cc2)NC(=O)N(CC(=O)Nc2ccccc2C(C)=O)C1=O. The fourth-order valence-electron chi connectivity index (χ4n) is 3.38. The van der Waals surface area contributed by atoms with E-state index in [0.717, 1.165) is 4.90 Å². The van der Waals surface area contributed by atoms with Crippen LogP contribution in [0, 0.1) is 5.82 Å². The van der Waals surface area contributed by atoms with E-state index < -0.39 is 35.7 Å². The molecule has 3 rings (SSSR count). The Morgan fingerprint density at radius 3 is 2.38 bits per heavy atom. The van der Waals surface area contributed by atoms with E-state index in [1.54, 1.807) is 31.2 Å². The van der Waals surface area contributed by atoms with E-state index >= 15 is 0 Å². The van der Waals surface area contributed by atoms with Crippen molar-refractivity contribution in [2.75, 3.05) is 11.9 Å². The number of imide groups is 1. The minimum absolute atomic E-state index is 0.225. The highest BCUT2D eigenvalue weighted by Gasteiger charge is 2.51. The summed E-state index contributed by atoms with van der Waals surface area (Å²) in [7, 11) is 0. The van der Waals surface area contributed by atoms with Crippen molar-refractivity contribution in [2.24, 2.45) is 0 Å². The second-order valence-electron chi connectivity index (χ2n) is 6.74. The van der Waals surface area contributed by atoms with Crippen LogP contribution in [0.25, 0.3) is 0 Å². The van der Waals surface area contributed by atoms with Crippen molar-refractivity contribution in [1.82, 2.24) is 10.2 Å². The van der Waals surface area contributed by atoms with Crippen LogP contribution in [0.2, 0.25) is 0 Å². The molecular formula is C21H20FN3O4. The zero-order valence-electron chi connectivity index (χ0n) is 16.0. The minimum Gasteiger partial charge on any atom is -0.324 e. The van der Waals surface area contributed by atoms with E-state index in [-0.39, 0.29) is 12.2 Å². The standard InChI is InChI=1S/C21H20FN3O4/c1-3-21(14-8-10-15(22)11-9-14)19(28)25(20(29)24-21)12-18(27)23-17-7-5-4-6-16(17)13(2)26/h4-11H,3,12H2,1-2H3,(H,23,27)(H,24,29)/t21-/m1/s1. The lowest BCUT2D eigenvalue weighted by molar-refractivity contribution is -0.134. The number of para-hydroxylation sites is 1. The maximum Gasteiger partial charge on any atom is 0.325 e. The van der Waals surface area contributed by atoms with Gasteiger partial charge in [0.1, 0.15) is 17.9 Å². The molecule has 4 amide bonds. The molecule has 0 aliphatic carbocycles.